The molecule has 1 aliphatic rings. The number of para-hydroxylation sites is 1. The van der Waals surface area contributed by atoms with Gasteiger partial charge in [0, 0.05) is 29.2 Å². The predicted octanol–water partition coefficient (Wildman–Crippen LogP) is 3.72. The van der Waals surface area contributed by atoms with Crippen molar-refractivity contribution in [3.05, 3.63) is 71.4 Å². The van der Waals surface area contributed by atoms with Crippen molar-refractivity contribution in [2.75, 3.05) is 7.11 Å². The molecule has 4 amide bonds. The smallest absolute Gasteiger partial charge is 0.331 e. The number of ether oxygens (including phenoxy) is 1. The van der Waals surface area contributed by atoms with Crippen LogP contribution in [0.4, 0.5) is 4.79 Å². The second-order valence-electron chi connectivity index (χ2n) is 7.35. The molecule has 4 rings (SSSR count). The van der Waals surface area contributed by atoms with Gasteiger partial charge in [0.15, 0.2) is 0 Å². The van der Waals surface area contributed by atoms with E-state index in [0.29, 0.717) is 5.75 Å². The highest BCUT2D eigenvalue weighted by atomic mass is 16.5. The van der Waals surface area contributed by atoms with Crippen LogP contribution in [0.1, 0.15) is 24.5 Å². The van der Waals surface area contributed by atoms with Crippen LogP contribution in [0.25, 0.3) is 17.0 Å². The molecule has 0 bridgehead atoms. The highest BCUT2D eigenvalue weighted by Gasteiger charge is 2.35. The second-order valence-corrected chi connectivity index (χ2v) is 7.35. The molecule has 7 heteroatoms. The predicted molar refractivity (Wildman–Crippen MR) is 117 cm³/mol. The largest absolute Gasteiger partial charge is 0.497 e. The first-order chi connectivity index (χ1) is 15.0. The Balaban J connectivity index is 1.68. The van der Waals surface area contributed by atoms with Gasteiger partial charge in [-0.25, -0.2) is 4.79 Å². The quantitative estimate of drug-likeness (QED) is 0.490. The summed E-state index contributed by atoms with van der Waals surface area (Å²) in [5.41, 5.74) is 2.48. The van der Waals surface area contributed by atoms with Crippen LogP contribution in [0.5, 0.6) is 5.75 Å². The van der Waals surface area contributed by atoms with Gasteiger partial charge in [-0.15, -0.1) is 0 Å². The van der Waals surface area contributed by atoms with E-state index in [2.05, 4.69) is 16.8 Å². The molecule has 1 N–H and O–H groups in total. The molecule has 1 saturated heterocycles. The molecule has 7 nitrogen and oxygen atoms in total. The van der Waals surface area contributed by atoms with Crippen molar-refractivity contribution in [3.63, 3.8) is 0 Å². The number of carbonyl (C=O) groups excluding carboxylic acids is 3. The summed E-state index contributed by atoms with van der Waals surface area (Å²) in [6, 6.07) is 14.2. The Labute approximate surface area is 179 Å². The van der Waals surface area contributed by atoms with E-state index in [1.165, 1.54) is 0 Å². The van der Waals surface area contributed by atoms with Gasteiger partial charge >= 0.3 is 6.03 Å². The summed E-state index contributed by atoms with van der Waals surface area (Å²) < 4.78 is 7.24. The number of nitrogens with zero attached hydrogens (tertiary/aromatic N) is 2. The van der Waals surface area contributed by atoms with E-state index >= 15 is 0 Å². The van der Waals surface area contributed by atoms with Crippen LogP contribution in [0.3, 0.4) is 0 Å². The summed E-state index contributed by atoms with van der Waals surface area (Å²) in [5.74, 6) is -0.623. The minimum absolute atomic E-state index is 0.0525. The molecule has 2 aromatic carbocycles. The average Bonchev–Trinajstić information content (AvgIpc) is 3.12. The average molecular weight is 417 g/mol. The van der Waals surface area contributed by atoms with E-state index in [9.17, 15) is 14.4 Å². The topological polar surface area (TPSA) is 80.6 Å². The number of imide groups is 2. The van der Waals surface area contributed by atoms with Crippen molar-refractivity contribution >= 4 is 34.8 Å². The van der Waals surface area contributed by atoms with Gasteiger partial charge in [0.1, 0.15) is 11.3 Å². The lowest BCUT2D eigenvalue weighted by Crippen LogP contribution is -2.53. The van der Waals surface area contributed by atoms with Crippen molar-refractivity contribution in [3.8, 4) is 5.75 Å². The molecule has 0 spiro atoms. The lowest BCUT2D eigenvalue weighted by molar-refractivity contribution is -0.130. The Hall–Kier alpha value is -3.87. The highest BCUT2D eigenvalue weighted by molar-refractivity contribution is 6.31. The Morgan fingerprint density at radius 1 is 1.03 bits per heavy atom. The molecule has 1 fully saturated rings. The number of hydrogen-bond acceptors (Lipinski definition) is 4. The molecule has 1 aliphatic heterocycles. The molecule has 0 unspecified atom stereocenters. The fourth-order valence-electron chi connectivity index (χ4n) is 3.72. The third kappa shape index (κ3) is 3.94. The Kier molecular flexibility index (Phi) is 5.58. The molecule has 3 aromatic rings. The van der Waals surface area contributed by atoms with Gasteiger partial charge in [-0.2, -0.15) is 0 Å². The van der Waals surface area contributed by atoms with E-state index in [-0.39, 0.29) is 12.1 Å². The van der Waals surface area contributed by atoms with Crippen LogP contribution in [0, 0.1) is 0 Å². The van der Waals surface area contributed by atoms with E-state index in [0.717, 1.165) is 39.9 Å². The van der Waals surface area contributed by atoms with Gasteiger partial charge < -0.3 is 9.30 Å². The monoisotopic (exact) mass is 417 g/mol. The summed E-state index contributed by atoms with van der Waals surface area (Å²) >= 11 is 0. The van der Waals surface area contributed by atoms with Crippen molar-refractivity contribution < 1.29 is 19.1 Å². The van der Waals surface area contributed by atoms with Crippen LogP contribution in [0.15, 0.2) is 60.3 Å². The fourth-order valence-corrected chi connectivity index (χ4v) is 3.72. The van der Waals surface area contributed by atoms with Crippen LogP contribution >= 0.6 is 0 Å². The number of amides is 4. The van der Waals surface area contributed by atoms with E-state index in [1.54, 1.807) is 37.5 Å². The second kappa shape index (κ2) is 8.47. The van der Waals surface area contributed by atoms with Crippen molar-refractivity contribution in [2.24, 2.45) is 0 Å². The number of urea groups is 1. The first-order valence-electron chi connectivity index (χ1n) is 10.1. The standard InChI is InChI=1S/C24H23N3O4/c1-3-12-26-15-17(19-6-4-5-7-21(19)26)13-20-22(28)25-24(30)27(23(20)29)14-16-8-10-18(31-2)11-9-16/h4-11,13,15H,3,12,14H2,1-2H3,(H,25,28,30). The molecular formula is C24H23N3O4. The Morgan fingerprint density at radius 3 is 2.48 bits per heavy atom. The first kappa shape index (κ1) is 20.4. The minimum atomic E-state index is -0.726. The molecule has 1 aromatic heterocycles. The Bertz CT molecular complexity index is 1190. The number of carbonyl (C=O) groups is 3. The van der Waals surface area contributed by atoms with E-state index < -0.39 is 17.8 Å². The summed E-state index contributed by atoms with van der Waals surface area (Å²) in [5, 5.41) is 3.23. The zero-order valence-corrected chi connectivity index (χ0v) is 17.4. The number of rotatable bonds is 6. The van der Waals surface area contributed by atoms with E-state index in [4.69, 9.17) is 4.74 Å². The number of aromatic nitrogens is 1. The maximum atomic E-state index is 13.1. The SMILES string of the molecule is CCCn1cc(C=C2C(=O)NC(=O)N(Cc3ccc(OC)cc3)C2=O)c2ccccc21. The van der Waals surface area contributed by atoms with Gasteiger partial charge in [-0.1, -0.05) is 37.3 Å². The Morgan fingerprint density at radius 2 is 1.77 bits per heavy atom. The molecule has 2 heterocycles. The zero-order chi connectivity index (χ0) is 22.0. The fraction of sp³-hybridized carbons (Fsp3) is 0.208. The number of fused-ring (bicyclic) bond motifs is 1. The number of hydrogen-bond donors (Lipinski definition) is 1. The number of benzene rings is 2. The van der Waals surface area contributed by atoms with Crippen LogP contribution < -0.4 is 10.1 Å². The maximum Gasteiger partial charge on any atom is 0.331 e. The number of nitrogens with one attached hydrogen (secondary N) is 1. The summed E-state index contributed by atoms with van der Waals surface area (Å²) in [6.45, 7) is 2.97. The third-order valence-corrected chi connectivity index (χ3v) is 5.27. The maximum absolute atomic E-state index is 13.1. The van der Waals surface area contributed by atoms with E-state index in [1.807, 2.05) is 30.5 Å². The van der Waals surface area contributed by atoms with Gasteiger partial charge in [0.2, 0.25) is 0 Å². The molecule has 0 atom stereocenters. The van der Waals surface area contributed by atoms with Gasteiger partial charge in [0.05, 0.1) is 13.7 Å². The number of barbiturate groups is 1. The van der Waals surface area contributed by atoms with Crippen LogP contribution in [0.2, 0.25) is 0 Å². The number of methoxy groups -OCH3 is 1. The third-order valence-electron chi connectivity index (χ3n) is 5.27. The number of aryl methyl sites for hydroxylation is 1. The lowest BCUT2D eigenvalue weighted by atomic mass is 10.1. The minimum Gasteiger partial charge on any atom is -0.497 e. The molecule has 158 valence electrons. The highest BCUT2D eigenvalue weighted by Crippen LogP contribution is 2.26. The van der Waals surface area contributed by atoms with Crippen LogP contribution in [-0.2, 0) is 22.7 Å². The summed E-state index contributed by atoms with van der Waals surface area (Å²) in [6.07, 6.45) is 4.46. The van der Waals surface area contributed by atoms with Crippen molar-refractivity contribution in [1.82, 2.24) is 14.8 Å². The zero-order valence-electron chi connectivity index (χ0n) is 17.4. The van der Waals surface area contributed by atoms with Gasteiger partial charge in [0.25, 0.3) is 11.8 Å². The summed E-state index contributed by atoms with van der Waals surface area (Å²) in [4.78, 5) is 39.0. The molecule has 0 radical (unpaired) electrons. The molecule has 31 heavy (non-hydrogen) atoms. The van der Waals surface area contributed by atoms with Crippen LogP contribution in [-0.4, -0.2) is 34.4 Å². The van der Waals surface area contributed by atoms with Gasteiger partial charge in [-0.05, 0) is 36.3 Å². The normalized spacial score (nSPS) is 15.6. The molecule has 0 aliphatic carbocycles. The van der Waals surface area contributed by atoms with Gasteiger partial charge in [-0.3, -0.25) is 19.8 Å². The van der Waals surface area contributed by atoms with Crippen molar-refractivity contribution in [2.45, 2.75) is 26.4 Å². The molecular weight excluding hydrogens is 394 g/mol. The first-order valence-corrected chi connectivity index (χ1v) is 10.1. The van der Waals surface area contributed by atoms with Crippen molar-refractivity contribution in [1.29, 1.82) is 0 Å². The molecule has 0 saturated carbocycles. The lowest BCUT2D eigenvalue weighted by Gasteiger charge is -2.26. The summed E-state index contributed by atoms with van der Waals surface area (Å²) in [7, 11) is 1.57.